The summed E-state index contributed by atoms with van der Waals surface area (Å²) >= 11 is 0. The van der Waals surface area contributed by atoms with Gasteiger partial charge in [0.05, 0.1) is 6.67 Å². The van der Waals surface area contributed by atoms with E-state index < -0.39 is 0 Å². The first kappa shape index (κ1) is 8.67. The van der Waals surface area contributed by atoms with Crippen LogP contribution < -0.4 is 0 Å². The average molecular weight is 130 g/mol. The molecule has 1 heteroatoms. The van der Waals surface area contributed by atoms with Gasteiger partial charge in [0, 0.05) is 0 Å². The maximum Gasteiger partial charge on any atom is 0.0928 e. The van der Waals surface area contributed by atoms with Crippen LogP contribution >= 0.6 is 0 Å². The number of halogens is 1. The predicted octanol–water partition coefficient (Wildman–Crippen LogP) is 3.09. The summed E-state index contributed by atoms with van der Waals surface area (Å²) in [6.45, 7) is 1.94. The summed E-state index contributed by atoms with van der Waals surface area (Å²) in [5, 5.41) is 0. The van der Waals surface area contributed by atoms with Crippen molar-refractivity contribution in [3.63, 3.8) is 0 Å². The van der Waals surface area contributed by atoms with Crippen LogP contribution in [-0.2, 0) is 0 Å². The van der Waals surface area contributed by atoms with Crippen molar-refractivity contribution in [2.45, 2.75) is 32.6 Å². The maximum absolute atomic E-state index is 11.5. The predicted molar refractivity (Wildman–Crippen MR) is 39.3 cm³/mol. The smallest absolute Gasteiger partial charge is 0.0928 e. The molecule has 54 valence electrons. The molecule has 0 aromatic heterocycles. The molecule has 0 saturated heterocycles. The molecule has 0 rings (SSSR count). The van der Waals surface area contributed by atoms with E-state index in [0.29, 0.717) is 6.42 Å². The third kappa shape index (κ3) is 7.67. The molecule has 0 aromatic rings. The van der Waals surface area contributed by atoms with Gasteiger partial charge in [-0.2, -0.15) is 0 Å². The molecular weight excluding hydrogens is 115 g/mol. The third-order valence-electron chi connectivity index (χ3n) is 1.17. The molecule has 0 aromatic carbocycles. The molecule has 0 fully saturated rings. The van der Waals surface area contributed by atoms with Crippen LogP contribution in [0.5, 0.6) is 0 Å². The molecule has 0 nitrogen and oxygen atoms in total. The number of hydrogen-bond donors (Lipinski definition) is 0. The highest BCUT2D eigenvalue weighted by atomic mass is 19.1. The molecular formula is C8H15F. The van der Waals surface area contributed by atoms with Crippen LogP contribution in [0.15, 0.2) is 12.2 Å². The lowest BCUT2D eigenvalue weighted by molar-refractivity contribution is 0.500. The summed E-state index contributed by atoms with van der Waals surface area (Å²) in [7, 11) is 0. The molecule has 0 saturated carbocycles. The van der Waals surface area contributed by atoms with Crippen LogP contribution in [0.25, 0.3) is 0 Å². The summed E-state index contributed by atoms with van der Waals surface area (Å²) in [6, 6.07) is 0. The van der Waals surface area contributed by atoms with Crippen molar-refractivity contribution in [1.82, 2.24) is 0 Å². The van der Waals surface area contributed by atoms with Crippen LogP contribution in [0.3, 0.4) is 0 Å². The zero-order chi connectivity index (χ0) is 6.95. The Bertz CT molecular complexity index is 67.0. The van der Waals surface area contributed by atoms with Gasteiger partial charge in [0.2, 0.25) is 0 Å². The number of alkyl halides is 1. The van der Waals surface area contributed by atoms with Gasteiger partial charge in [-0.05, 0) is 12.8 Å². The summed E-state index contributed by atoms with van der Waals surface area (Å²) in [4.78, 5) is 0. The first-order valence-electron chi connectivity index (χ1n) is 3.62. The fourth-order valence-corrected chi connectivity index (χ4v) is 0.621. The van der Waals surface area contributed by atoms with Crippen LogP contribution in [-0.4, -0.2) is 6.67 Å². The molecule has 0 aliphatic rings. The second kappa shape index (κ2) is 7.67. The van der Waals surface area contributed by atoms with Gasteiger partial charge in [-0.15, -0.1) is 0 Å². The standard InChI is InChI=1S/C8H15F/c1-2-3-4-5-6-7-8-9/h5-6H,2-4,7-8H2,1H3. The lowest BCUT2D eigenvalue weighted by atomic mass is 10.2. The van der Waals surface area contributed by atoms with Gasteiger partial charge in [-0.3, -0.25) is 4.39 Å². The molecule has 0 N–H and O–H groups in total. The molecule has 0 unspecified atom stereocenters. The van der Waals surface area contributed by atoms with Crippen molar-refractivity contribution in [1.29, 1.82) is 0 Å². The molecule has 0 atom stereocenters. The SMILES string of the molecule is CCCCC=CCCF. The Morgan fingerprint density at radius 1 is 1.22 bits per heavy atom. The van der Waals surface area contributed by atoms with E-state index in [-0.39, 0.29) is 6.67 Å². The van der Waals surface area contributed by atoms with Crippen molar-refractivity contribution < 1.29 is 4.39 Å². The third-order valence-corrected chi connectivity index (χ3v) is 1.17. The molecule has 0 spiro atoms. The van der Waals surface area contributed by atoms with Crippen molar-refractivity contribution >= 4 is 0 Å². The Kier molecular flexibility index (Phi) is 7.39. The highest BCUT2D eigenvalue weighted by molar-refractivity contribution is 4.80. The molecule has 0 heterocycles. The topological polar surface area (TPSA) is 0 Å². The minimum absolute atomic E-state index is 0.220. The lowest BCUT2D eigenvalue weighted by Gasteiger charge is -1.86. The highest BCUT2D eigenvalue weighted by Gasteiger charge is 1.77. The monoisotopic (exact) mass is 130 g/mol. The second-order valence-electron chi connectivity index (χ2n) is 2.09. The quantitative estimate of drug-likeness (QED) is 0.396. The van der Waals surface area contributed by atoms with Crippen molar-refractivity contribution in [3.05, 3.63) is 12.2 Å². The summed E-state index contributed by atoms with van der Waals surface area (Å²) < 4.78 is 11.5. The Morgan fingerprint density at radius 3 is 2.44 bits per heavy atom. The van der Waals surface area contributed by atoms with Gasteiger partial charge in [-0.25, -0.2) is 0 Å². The van der Waals surface area contributed by atoms with Gasteiger partial charge in [0.1, 0.15) is 0 Å². The Labute approximate surface area is 56.8 Å². The zero-order valence-electron chi connectivity index (χ0n) is 6.07. The minimum Gasteiger partial charge on any atom is -0.251 e. The van der Waals surface area contributed by atoms with E-state index in [1.54, 1.807) is 0 Å². The van der Waals surface area contributed by atoms with E-state index in [4.69, 9.17) is 0 Å². The Hall–Kier alpha value is -0.330. The molecule has 0 bridgehead atoms. The van der Waals surface area contributed by atoms with Crippen LogP contribution in [0.1, 0.15) is 32.6 Å². The first-order chi connectivity index (χ1) is 4.41. The fourth-order valence-electron chi connectivity index (χ4n) is 0.621. The van der Waals surface area contributed by atoms with Gasteiger partial charge in [0.15, 0.2) is 0 Å². The van der Waals surface area contributed by atoms with Gasteiger partial charge >= 0.3 is 0 Å². The van der Waals surface area contributed by atoms with E-state index in [1.165, 1.54) is 12.8 Å². The highest BCUT2D eigenvalue weighted by Crippen LogP contribution is 1.95. The normalized spacial score (nSPS) is 10.9. The van der Waals surface area contributed by atoms with Gasteiger partial charge < -0.3 is 0 Å². The van der Waals surface area contributed by atoms with Crippen molar-refractivity contribution in [3.8, 4) is 0 Å². The van der Waals surface area contributed by atoms with E-state index in [2.05, 4.69) is 13.0 Å². The van der Waals surface area contributed by atoms with Crippen molar-refractivity contribution in [2.75, 3.05) is 6.67 Å². The number of rotatable bonds is 5. The fraction of sp³-hybridized carbons (Fsp3) is 0.750. The van der Waals surface area contributed by atoms with E-state index in [9.17, 15) is 4.39 Å². The van der Waals surface area contributed by atoms with Crippen LogP contribution in [0, 0.1) is 0 Å². The molecule has 0 radical (unpaired) electrons. The molecule has 0 aliphatic carbocycles. The summed E-state index contributed by atoms with van der Waals surface area (Å²) in [5.74, 6) is 0. The Balaban J connectivity index is 2.86. The molecule has 0 aliphatic heterocycles. The maximum atomic E-state index is 11.5. The zero-order valence-corrected chi connectivity index (χ0v) is 6.07. The largest absolute Gasteiger partial charge is 0.251 e. The lowest BCUT2D eigenvalue weighted by Crippen LogP contribution is -1.69. The molecule has 0 amide bonds. The summed E-state index contributed by atoms with van der Waals surface area (Å²) in [6.07, 6.45) is 8.11. The Morgan fingerprint density at radius 2 is 1.89 bits per heavy atom. The van der Waals surface area contributed by atoms with Crippen LogP contribution in [0.4, 0.5) is 4.39 Å². The number of unbranched alkanes of at least 4 members (excludes halogenated alkanes) is 2. The second-order valence-corrected chi connectivity index (χ2v) is 2.09. The van der Waals surface area contributed by atoms with E-state index in [0.717, 1.165) is 6.42 Å². The first-order valence-corrected chi connectivity index (χ1v) is 3.62. The average Bonchev–Trinajstić information content (AvgIpc) is 1.89. The van der Waals surface area contributed by atoms with Crippen LogP contribution in [0.2, 0.25) is 0 Å². The number of allylic oxidation sites excluding steroid dienone is 2. The summed E-state index contributed by atoms with van der Waals surface area (Å²) in [5.41, 5.74) is 0. The van der Waals surface area contributed by atoms with E-state index in [1.807, 2.05) is 6.08 Å². The molecule has 9 heavy (non-hydrogen) atoms. The van der Waals surface area contributed by atoms with Gasteiger partial charge in [0.25, 0.3) is 0 Å². The van der Waals surface area contributed by atoms with Crippen molar-refractivity contribution in [2.24, 2.45) is 0 Å². The van der Waals surface area contributed by atoms with E-state index >= 15 is 0 Å². The van der Waals surface area contributed by atoms with Gasteiger partial charge in [-0.1, -0.05) is 31.9 Å². The number of hydrogen-bond acceptors (Lipinski definition) is 0. The minimum atomic E-state index is -0.220.